The maximum atomic E-state index is 12.9. The van der Waals surface area contributed by atoms with Gasteiger partial charge in [0.15, 0.2) is 4.73 Å². The van der Waals surface area contributed by atoms with Gasteiger partial charge in [-0.15, -0.1) is 13.1 Å². The normalized spacial score (nSPS) is 23.2. The molecule has 21 heavy (non-hydrogen) atoms. The smallest absolute Gasteiger partial charge is 0.278 e. The summed E-state index contributed by atoms with van der Waals surface area (Å²) < 4.78 is 1.99. The van der Waals surface area contributed by atoms with Crippen molar-refractivity contribution in [1.82, 2.24) is 19.6 Å². The molecule has 2 aliphatic rings. The first-order valence-corrected chi connectivity index (χ1v) is 7.72. The number of nitrogens with one attached hydrogen (secondary N) is 1. The SMILES string of the molecule is CC1CC2(CC[N-]CC2)c2c1nc1nc(Br)[nH]n1c2=O.[Pa]. The van der Waals surface area contributed by atoms with Gasteiger partial charge in [0.2, 0.25) is 0 Å². The number of hydrogen-bond acceptors (Lipinski definition) is 3. The number of piperidine rings is 1. The average Bonchev–Trinajstić information content (AvgIpc) is 2.91. The Morgan fingerprint density at radius 1 is 1.38 bits per heavy atom. The summed E-state index contributed by atoms with van der Waals surface area (Å²) in [4.78, 5) is 21.7. The predicted molar refractivity (Wildman–Crippen MR) is 78.3 cm³/mol. The van der Waals surface area contributed by atoms with E-state index in [0.29, 0.717) is 16.4 Å². The number of aromatic amines is 1. The van der Waals surface area contributed by atoms with Crippen LogP contribution in [0, 0.1) is 32.3 Å². The molecule has 1 fully saturated rings. The van der Waals surface area contributed by atoms with Crippen LogP contribution in [0.1, 0.15) is 43.4 Å². The minimum absolute atomic E-state index is 0. The topological polar surface area (TPSA) is 77.2 Å². The molecular weight excluding hydrogens is 553 g/mol. The fraction of sp³-hybridized carbons (Fsp3) is 0.615. The fourth-order valence-corrected chi connectivity index (χ4v) is 4.16. The van der Waals surface area contributed by atoms with Crippen molar-refractivity contribution < 1.29 is 32.3 Å². The van der Waals surface area contributed by atoms with E-state index in [4.69, 9.17) is 0 Å². The molecule has 0 saturated carbocycles. The zero-order valence-electron chi connectivity index (χ0n) is 11.8. The minimum atomic E-state index is -0.0284. The summed E-state index contributed by atoms with van der Waals surface area (Å²) in [5, 5.41) is 7.35. The van der Waals surface area contributed by atoms with Gasteiger partial charge in [0, 0.05) is 43.3 Å². The van der Waals surface area contributed by atoms with E-state index in [0.717, 1.165) is 43.6 Å². The van der Waals surface area contributed by atoms with Crippen LogP contribution in [0.3, 0.4) is 0 Å². The van der Waals surface area contributed by atoms with Gasteiger partial charge in [-0.25, -0.2) is 4.98 Å². The predicted octanol–water partition coefficient (Wildman–Crippen LogP) is 2.09. The zero-order valence-corrected chi connectivity index (χ0v) is 18.2. The van der Waals surface area contributed by atoms with Crippen molar-refractivity contribution in [2.45, 2.75) is 37.5 Å². The van der Waals surface area contributed by atoms with E-state index in [1.54, 1.807) is 0 Å². The van der Waals surface area contributed by atoms with E-state index in [-0.39, 0.29) is 43.3 Å². The van der Waals surface area contributed by atoms with E-state index < -0.39 is 0 Å². The number of H-pyrrole nitrogens is 1. The summed E-state index contributed by atoms with van der Waals surface area (Å²) >= 11 is 3.27. The monoisotopic (exact) mass is 567 g/mol. The quantitative estimate of drug-likeness (QED) is 0.530. The Hall–Kier alpha value is -0.119. The molecule has 4 rings (SSSR count). The molecule has 1 N–H and O–H groups in total. The van der Waals surface area contributed by atoms with Crippen molar-refractivity contribution in [3.05, 3.63) is 31.7 Å². The molecular formula is C13H15BrN5OPa-. The van der Waals surface area contributed by atoms with Crippen molar-refractivity contribution in [1.29, 1.82) is 0 Å². The van der Waals surface area contributed by atoms with Crippen molar-refractivity contribution in [3.63, 3.8) is 0 Å². The molecule has 2 aromatic heterocycles. The van der Waals surface area contributed by atoms with E-state index in [2.05, 4.69) is 43.2 Å². The summed E-state index contributed by atoms with van der Waals surface area (Å²) in [6.07, 6.45) is 2.93. The van der Waals surface area contributed by atoms with Gasteiger partial charge >= 0.3 is 0 Å². The molecule has 8 heteroatoms. The Morgan fingerprint density at radius 2 is 2.10 bits per heavy atom. The molecule has 1 unspecified atom stereocenters. The molecule has 1 aliphatic carbocycles. The van der Waals surface area contributed by atoms with Crippen LogP contribution in [0.15, 0.2) is 9.53 Å². The van der Waals surface area contributed by atoms with Crippen LogP contribution in [0.25, 0.3) is 11.1 Å². The van der Waals surface area contributed by atoms with E-state index in [1.807, 2.05) is 0 Å². The third-order valence-electron chi connectivity index (χ3n) is 4.69. The molecule has 1 aliphatic heterocycles. The van der Waals surface area contributed by atoms with Crippen molar-refractivity contribution >= 4 is 21.7 Å². The maximum absolute atomic E-state index is 12.9. The number of aromatic nitrogens is 4. The van der Waals surface area contributed by atoms with Gasteiger partial charge in [-0.1, -0.05) is 19.8 Å². The Labute approximate surface area is 155 Å². The molecule has 1 atom stereocenters. The van der Waals surface area contributed by atoms with Gasteiger partial charge in [-0.2, -0.15) is 9.50 Å². The van der Waals surface area contributed by atoms with Crippen LogP contribution in [0.2, 0.25) is 0 Å². The summed E-state index contributed by atoms with van der Waals surface area (Å²) in [5.74, 6) is 0.765. The van der Waals surface area contributed by atoms with Crippen LogP contribution in [-0.4, -0.2) is 32.7 Å². The summed E-state index contributed by atoms with van der Waals surface area (Å²) in [5.41, 5.74) is 1.82. The number of nitrogens with zero attached hydrogens (tertiary/aromatic N) is 4. The summed E-state index contributed by atoms with van der Waals surface area (Å²) in [6, 6.07) is 0. The number of halogens is 1. The first kappa shape index (κ1) is 15.8. The second-order valence-corrected chi connectivity index (χ2v) is 6.63. The third kappa shape index (κ3) is 2.27. The van der Waals surface area contributed by atoms with E-state index >= 15 is 0 Å². The molecule has 0 amide bonds. The fourth-order valence-electron chi connectivity index (χ4n) is 3.82. The second-order valence-electron chi connectivity index (χ2n) is 5.88. The van der Waals surface area contributed by atoms with Crippen LogP contribution < -0.4 is 5.56 Å². The van der Waals surface area contributed by atoms with E-state index in [9.17, 15) is 4.79 Å². The number of rotatable bonds is 0. The van der Waals surface area contributed by atoms with Gasteiger partial charge in [0.05, 0.1) is 5.69 Å². The van der Waals surface area contributed by atoms with Crippen molar-refractivity contribution in [2.75, 3.05) is 13.1 Å². The molecule has 1 spiro atoms. The third-order valence-corrected chi connectivity index (χ3v) is 5.04. The van der Waals surface area contributed by atoms with Gasteiger partial charge < -0.3 is 5.32 Å². The molecule has 1 saturated heterocycles. The Morgan fingerprint density at radius 3 is 2.81 bits per heavy atom. The minimum Gasteiger partial charge on any atom is -0.662 e. The first-order chi connectivity index (χ1) is 9.61. The van der Waals surface area contributed by atoms with Crippen molar-refractivity contribution in [2.24, 2.45) is 0 Å². The standard InChI is InChI=1S/C13H15BrN5O.Pa/c1-7-6-13(2-4-15-5-3-13)8-9(7)16-12-17-11(14)18-19(12)10(8)20;/h7H,2-6H2,1H3,(H,16,17,18);/q-1;. The van der Waals surface area contributed by atoms with Crippen LogP contribution in [0.5, 0.6) is 0 Å². The van der Waals surface area contributed by atoms with Crippen LogP contribution >= 0.6 is 15.9 Å². The summed E-state index contributed by atoms with van der Waals surface area (Å²) in [6.45, 7) is 3.85. The first-order valence-electron chi connectivity index (χ1n) is 6.93. The molecule has 0 aromatic carbocycles. The van der Waals surface area contributed by atoms with E-state index in [1.165, 1.54) is 4.52 Å². The van der Waals surface area contributed by atoms with Gasteiger partial charge in [-0.05, 0) is 28.3 Å². The average molecular weight is 568 g/mol. The van der Waals surface area contributed by atoms with Crippen molar-refractivity contribution in [3.8, 4) is 0 Å². The second kappa shape index (κ2) is 5.50. The molecule has 3 heterocycles. The molecule has 0 bridgehead atoms. The Kier molecular flexibility index (Phi) is 4.13. The largest absolute Gasteiger partial charge is 0.662 e. The molecule has 6 nitrogen and oxygen atoms in total. The molecule has 109 valence electrons. The maximum Gasteiger partial charge on any atom is 0.278 e. The summed E-state index contributed by atoms with van der Waals surface area (Å²) in [7, 11) is 0. The van der Waals surface area contributed by atoms with Gasteiger partial charge in [0.1, 0.15) is 0 Å². The van der Waals surface area contributed by atoms with Gasteiger partial charge in [0.25, 0.3) is 11.3 Å². The Bertz CT molecular complexity index is 749. The molecule has 1 radical (unpaired) electrons. The van der Waals surface area contributed by atoms with Crippen LogP contribution in [0.4, 0.5) is 0 Å². The van der Waals surface area contributed by atoms with Crippen LogP contribution in [-0.2, 0) is 5.41 Å². The Balaban J connectivity index is 0.00000132. The van der Waals surface area contributed by atoms with Gasteiger partial charge in [-0.3, -0.25) is 9.89 Å². The number of hydrogen-bond donors (Lipinski definition) is 1. The number of fused-ring (bicyclic) bond motifs is 3. The zero-order chi connectivity index (χ0) is 13.9. The molecule has 2 aromatic rings.